The zero-order valence-corrected chi connectivity index (χ0v) is 28.4. The maximum atomic E-state index is 10.8. The fourth-order valence-electron chi connectivity index (χ4n) is 4.09. The molecule has 4 nitrogen and oxygen atoms in total. The van der Waals surface area contributed by atoms with Crippen molar-refractivity contribution < 1.29 is 19.4 Å². The lowest BCUT2D eigenvalue weighted by molar-refractivity contribution is -0.146. The average molecular weight is 579 g/mol. The highest BCUT2D eigenvalue weighted by Crippen LogP contribution is 2.23. The predicted molar refractivity (Wildman–Crippen MR) is 180 cm³/mol. The first kappa shape index (κ1) is 39.0. The Labute approximate surface area is 257 Å². The Bertz CT molecular complexity index is 1140. The molecule has 0 spiro atoms. The van der Waals surface area contributed by atoms with Crippen LogP contribution in [0.4, 0.5) is 0 Å². The van der Waals surface area contributed by atoms with Crippen molar-refractivity contribution >= 4 is 12.0 Å². The van der Waals surface area contributed by atoms with Crippen molar-refractivity contribution in [3.63, 3.8) is 0 Å². The molecular weight excluding hydrogens is 520 g/mol. The molecule has 0 saturated carbocycles. The van der Waals surface area contributed by atoms with Crippen molar-refractivity contribution in [1.29, 1.82) is 0 Å². The highest BCUT2D eigenvalue weighted by Gasteiger charge is 2.17. The normalized spacial score (nSPS) is 13.2. The summed E-state index contributed by atoms with van der Waals surface area (Å²) in [6.45, 7) is 22.5. The van der Waals surface area contributed by atoms with Gasteiger partial charge in [-0.25, -0.2) is 0 Å². The third-order valence-electron chi connectivity index (χ3n) is 6.85. The third kappa shape index (κ3) is 15.3. The number of unbranched alkanes of at least 4 members (excludes halogenated alkanes) is 1. The largest absolute Gasteiger partial charge is 0.489 e. The summed E-state index contributed by atoms with van der Waals surface area (Å²) in [6.07, 6.45) is 9.44. The van der Waals surface area contributed by atoms with Crippen LogP contribution in [0.25, 0.3) is 6.08 Å². The zero-order chi connectivity index (χ0) is 32.1. The zero-order valence-electron chi connectivity index (χ0n) is 28.4. The van der Waals surface area contributed by atoms with Crippen molar-refractivity contribution in [3.05, 3.63) is 70.3 Å². The van der Waals surface area contributed by atoms with E-state index in [-0.39, 0.29) is 12.1 Å². The molecule has 42 heavy (non-hydrogen) atoms. The number of benzene rings is 2. The molecule has 0 amide bonds. The van der Waals surface area contributed by atoms with E-state index in [4.69, 9.17) is 9.47 Å². The summed E-state index contributed by atoms with van der Waals surface area (Å²) in [7, 11) is 0. The molecule has 0 aliphatic carbocycles. The van der Waals surface area contributed by atoms with E-state index in [1.807, 2.05) is 52.8 Å². The number of carbonyl (C=O) groups is 1. The first-order chi connectivity index (χ1) is 20.0. The van der Waals surface area contributed by atoms with E-state index in [1.165, 1.54) is 23.6 Å². The summed E-state index contributed by atoms with van der Waals surface area (Å²) in [6, 6.07) is 12.8. The number of esters is 1. The van der Waals surface area contributed by atoms with Gasteiger partial charge in [0.15, 0.2) is 0 Å². The van der Waals surface area contributed by atoms with Gasteiger partial charge in [0.25, 0.3) is 0 Å². The van der Waals surface area contributed by atoms with Gasteiger partial charge >= 0.3 is 5.97 Å². The minimum atomic E-state index is -1.02. The Balaban J connectivity index is 0.000000769. The van der Waals surface area contributed by atoms with Crippen LogP contribution >= 0.6 is 0 Å². The topological polar surface area (TPSA) is 55.8 Å². The molecule has 234 valence electrons. The summed E-state index contributed by atoms with van der Waals surface area (Å²) < 4.78 is 10.7. The molecule has 2 aromatic carbocycles. The van der Waals surface area contributed by atoms with E-state index in [9.17, 15) is 9.90 Å². The molecule has 0 aliphatic rings. The van der Waals surface area contributed by atoms with E-state index in [1.54, 1.807) is 0 Å². The highest BCUT2D eigenvalue weighted by molar-refractivity contribution is 5.66. The van der Waals surface area contributed by atoms with Gasteiger partial charge in [0.05, 0.1) is 0 Å². The lowest BCUT2D eigenvalue weighted by atomic mass is 9.93. The number of aryl methyl sites for hydroxylation is 3. The van der Waals surface area contributed by atoms with Crippen LogP contribution < -0.4 is 4.74 Å². The average Bonchev–Trinajstić information content (AvgIpc) is 2.97. The molecule has 1 N–H and O–H groups in total. The van der Waals surface area contributed by atoms with Crippen LogP contribution in [0, 0.1) is 25.7 Å². The van der Waals surface area contributed by atoms with Gasteiger partial charge < -0.3 is 14.6 Å². The second kappa shape index (κ2) is 21.6. The molecule has 2 aromatic rings. The molecule has 0 heterocycles. The van der Waals surface area contributed by atoms with Crippen molar-refractivity contribution in [2.45, 2.75) is 132 Å². The van der Waals surface area contributed by atoms with Gasteiger partial charge in [-0.05, 0) is 92.3 Å². The van der Waals surface area contributed by atoms with E-state index >= 15 is 0 Å². The molecule has 3 unspecified atom stereocenters. The Hall–Kier alpha value is -3.03. The van der Waals surface area contributed by atoms with Crippen LogP contribution in [0.5, 0.6) is 5.75 Å². The Morgan fingerprint density at radius 3 is 2.21 bits per heavy atom. The van der Waals surface area contributed by atoms with Crippen molar-refractivity contribution in [2.24, 2.45) is 0 Å². The van der Waals surface area contributed by atoms with Gasteiger partial charge in [-0.3, -0.25) is 4.79 Å². The van der Waals surface area contributed by atoms with E-state index in [0.717, 1.165) is 49.0 Å². The standard InChI is InChI=1S/C21H30O.C15H22O3.C2H6/c1-6-9-10-14-21(22,8-3)15-13-19-11-12-20(16-18(19)5)17(4)7-2;1-5-6-14-7-8-15(11(2)9-14)17-10-12(3)18-13(4)16;1-2/h11-13,15-17,22H,6-9H2,1-5H3;7-9,12H,5-6,10H2,1-4H3;1-2H3/b15-13+;;. The summed E-state index contributed by atoms with van der Waals surface area (Å²) in [4.78, 5) is 10.8. The molecule has 0 aliphatic heterocycles. The van der Waals surface area contributed by atoms with Gasteiger partial charge in [0.1, 0.15) is 24.1 Å². The summed E-state index contributed by atoms with van der Waals surface area (Å²) in [5.74, 6) is 7.22. The number of carbonyl (C=O) groups excluding carboxylic acids is 1. The van der Waals surface area contributed by atoms with Crippen LogP contribution in [0.15, 0.2) is 42.5 Å². The quantitative estimate of drug-likeness (QED) is 0.201. The van der Waals surface area contributed by atoms with Crippen LogP contribution in [0.1, 0.15) is 128 Å². The van der Waals surface area contributed by atoms with Crippen molar-refractivity contribution in [1.82, 2.24) is 0 Å². The van der Waals surface area contributed by atoms with Crippen LogP contribution in [0.3, 0.4) is 0 Å². The minimum absolute atomic E-state index is 0.225. The molecule has 3 atom stereocenters. The first-order valence-electron chi connectivity index (χ1n) is 15.9. The lowest BCUT2D eigenvalue weighted by Crippen LogP contribution is -2.21. The molecule has 4 heteroatoms. The van der Waals surface area contributed by atoms with Gasteiger partial charge in [0.2, 0.25) is 0 Å². The van der Waals surface area contributed by atoms with Gasteiger partial charge in [0, 0.05) is 13.3 Å². The van der Waals surface area contributed by atoms with Gasteiger partial charge in [-0.15, -0.1) is 0 Å². The number of hydrogen-bond donors (Lipinski definition) is 1. The highest BCUT2D eigenvalue weighted by atomic mass is 16.6. The first-order valence-corrected chi connectivity index (χ1v) is 15.9. The Morgan fingerprint density at radius 2 is 1.69 bits per heavy atom. The summed E-state index contributed by atoms with van der Waals surface area (Å²) in [5, 5.41) is 10.5. The minimum Gasteiger partial charge on any atom is -0.489 e. The number of hydrogen-bond acceptors (Lipinski definition) is 4. The predicted octanol–water partition coefficient (Wildman–Crippen LogP) is 9.77. The Morgan fingerprint density at radius 1 is 1.00 bits per heavy atom. The SMILES string of the molecule is CC.CCCC#CC(O)(/C=C/c1ccc(C(C)CC)cc1C)CC.CCCc1ccc(OCC(C)OC(C)=O)c(C)c1. The maximum Gasteiger partial charge on any atom is 0.303 e. The second-order valence-corrected chi connectivity index (χ2v) is 10.7. The fourth-order valence-corrected chi connectivity index (χ4v) is 4.09. The fraction of sp³-hybridized carbons (Fsp3) is 0.553. The van der Waals surface area contributed by atoms with Crippen LogP contribution in [-0.2, 0) is 16.0 Å². The van der Waals surface area contributed by atoms with Gasteiger partial charge in [-0.2, -0.15) is 0 Å². The van der Waals surface area contributed by atoms with Crippen LogP contribution in [0.2, 0.25) is 0 Å². The molecule has 0 fully saturated rings. The molecule has 0 radical (unpaired) electrons. The number of rotatable bonds is 12. The van der Waals surface area contributed by atoms with Crippen molar-refractivity contribution in [3.8, 4) is 17.6 Å². The van der Waals surface area contributed by atoms with Crippen LogP contribution in [-0.4, -0.2) is 29.4 Å². The Kier molecular flexibility index (Phi) is 20.1. The molecule has 0 bridgehead atoms. The monoisotopic (exact) mass is 578 g/mol. The number of ether oxygens (including phenoxy) is 2. The summed E-state index contributed by atoms with van der Waals surface area (Å²) >= 11 is 0. The van der Waals surface area contributed by atoms with E-state index in [2.05, 4.69) is 76.8 Å². The lowest BCUT2D eigenvalue weighted by Gasteiger charge is -2.16. The molecule has 0 aromatic heterocycles. The maximum absolute atomic E-state index is 10.8. The second-order valence-electron chi connectivity index (χ2n) is 10.7. The van der Waals surface area contributed by atoms with Gasteiger partial charge in [-0.1, -0.05) is 103 Å². The smallest absolute Gasteiger partial charge is 0.303 e. The summed E-state index contributed by atoms with van der Waals surface area (Å²) in [5.41, 5.74) is 5.21. The van der Waals surface area contributed by atoms with E-state index in [0.29, 0.717) is 18.9 Å². The molecule has 0 saturated heterocycles. The molecule has 2 rings (SSSR count). The van der Waals surface area contributed by atoms with Crippen molar-refractivity contribution in [2.75, 3.05) is 6.61 Å². The third-order valence-corrected chi connectivity index (χ3v) is 6.85. The van der Waals surface area contributed by atoms with E-state index < -0.39 is 5.60 Å². The molecular formula is C38H58O4. The number of aliphatic hydroxyl groups is 1.